The molecule has 2 rings (SSSR count). The first-order valence-electron chi connectivity index (χ1n) is 5.43. The van der Waals surface area contributed by atoms with E-state index in [2.05, 4.69) is 9.97 Å². The fraction of sp³-hybridized carbons (Fsp3) is 0.0833. The van der Waals surface area contributed by atoms with Crippen molar-refractivity contribution in [3.8, 4) is 6.07 Å². The van der Waals surface area contributed by atoms with Crippen LogP contribution in [0.25, 0.3) is 0 Å². The summed E-state index contributed by atoms with van der Waals surface area (Å²) in [7, 11) is 1.60. The van der Waals surface area contributed by atoms with Gasteiger partial charge in [-0.1, -0.05) is 17.7 Å². The smallest absolute Gasteiger partial charge is 0.324 e. The van der Waals surface area contributed by atoms with Gasteiger partial charge in [-0.2, -0.15) is 5.26 Å². The quantitative estimate of drug-likeness (QED) is 0.489. The summed E-state index contributed by atoms with van der Waals surface area (Å²) in [4.78, 5) is 19.4. The van der Waals surface area contributed by atoms with E-state index >= 15 is 0 Å². The van der Waals surface area contributed by atoms with Gasteiger partial charge in [0.1, 0.15) is 6.33 Å². The lowest BCUT2D eigenvalue weighted by Crippen LogP contribution is -2.14. The molecule has 0 spiro atoms. The Morgan fingerprint density at radius 2 is 2.20 bits per heavy atom. The molecule has 20 heavy (non-hydrogen) atoms. The largest absolute Gasteiger partial charge is 0.348 e. The molecule has 0 aliphatic carbocycles. The van der Waals surface area contributed by atoms with Crippen LogP contribution in [0.15, 0.2) is 30.6 Å². The molecule has 0 bridgehead atoms. The first-order valence-corrected chi connectivity index (χ1v) is 5.81. The molecule has 0 unspecified atom stereocenters. The van der Waals surface area contributed by atoms with Crippen LogP contribution < -0.4 is 4.90 Å². The third-order valence-electron chi connectivity index (χ3n) is 2.62. The highest BCUT2D eigenvalue weighted by molar-refractivity contribution is 6.31. The molecule has 0 fully saturated rings. The summed E-state index contributed by atoms with van der Waals surface area (Å²) in [5, 5.41) is 19.7. The number of hydrogen-bond donors (Lipinski definition) is 0. The van der Waals surface area contributed by atoms with Gasteiger partial charge in [0, 0.05) is 12.7 Å². The maximum absolute atomic E-state index is 11.1. The Bertz CT molecular complexity index is 713. The number of aromatic nitrogens is 2. The summed E-state index contributed by atoms with van der Waals surface area (Å²) in [5.74, 6) is 0.0603. The first-order chi connectivity index (χ1) is 9.54. The maximum Gasteiger partial charge on any atom is 0.348 e. The summed E-state index contributed by atoms with van der Waals surface area (Å²) in [6.45, 7) is 0. The zero-order chi connectivity index (χ0) is 14.7. The fourth-order valence-electron chi connectivity index (χ4n) is 1.66. The number of nitrogens with zero attached hydrogens (tertiary/aromatic N) is 5. The SMILES string of the molecule is CN(c1cccc(C#N)c1)c1ncnc(Cl)c1[N+](=O)[O-]. The molecule has 0 atom stereocenters. The van der Waals surface area contributed by atoms with Crippen molar-refractivity contribution >= 4 is 28.8 Å². The van der Waals surface area contributed by atoms with Crippen LogP contribution in [-0.4, -0.2) is 21.9 Å². The van der Waals surface area contributed by atoms with Gasteiger partial charge in [0.2, 0.25) is 11.0 Å². The van der Waals surface area contributed by atoms with Gasteiger partial charge >= 0.3 is 5.69 Å². The van der Waals surface area contributed by atoms with E-state index in [1.54, 1.807) is 31.3 Å². The van der Waals surface area contributed by atoms with Crippen LogP contribution in [0.2, 0.25) is 5.15 Å². The average Bonchev–Trinajstić information content (AvgIpc) is 2.45. The second-order valence-electron chi connectivity index (χ2n) is 3.81. The lowest BCUT2D eigenvalue weighted by Gasteiger charge is -2.18. The molecule has 1 heterocycles. The molecule has 8 heteroatoms. The minimum atomic E-state index is -0.637. The highest BCUT2D eigenvalue weighted by Gasteiger charge is 2.25. The minimum absolute atomic E-state index is 0.0603. The Hall–Kier alpha value is -2.72. The highest BCUT2D eigenvalue weighted by atomic mass is 35.5. The summed E-state index contributed by atoms with van der Waals surface area (Å²) < 4.78 is 0. The number of halogens is 1. The van der Waals surface area contributed by atoms with E-state index in [-0.39, 0.29) is 16.7 Å². The van der Waals surface area contributed by atoms with Gasteiger partial charge in [0.05, 0.1) is 16.6 Å². The predicted octanol–water partition coefficient (Wildman–Crippen LogP) is 2.68. The molecule has 2 aromatic rings. The number of anilines is 2. The van der Waals surface area contributed by atoms with Crippen LogP contribution in [0.5, 0.6) is 0 Å². The van der Waals surface area contributed by atoms with Crippen LogP contribution in [0, 0.1) is 21.4 Å². The topological polar surface area (TPSA) is 96.0 Å². The molecule has 0 N–H and O–H groups in total. The molecule has 0 saturated carbocycles. The lowest BCUT2D eigenvalue weighted by atomic mass is 10.2. The van der Waals surface area contributed by atoms with Crippen LogP contribution in [-0.2, 0) is 0 Å². The standard InChI is InChI=1S/C12H8ClN5O2/c1-17(9-4-2-3-8(5-9)6-14)12-10(18(19)20)11(13)15-7-16-12/h2-5,7H,1H3. The molecular weight excluding hydrogens is 282 g/mol. The number of benzene rings is 1. The van der Waals surface area contributed by atoms with Gasteiger partial charge in [0.15, 0.2) is 0 Å². The van der Waals surface area contributed by atoms with Crippen LogP contribution in [0.1, 0.15) is 5.56 Å². The van der Waals surface area contributed by atoms with Crippen molar-refractivity contribution in [3.05, 3.63) is 51.4 Å². The fourth-order valence-corrected chi connectivity index (χ4v) is 1.85. The monoisotopic (exact) mass is 289 g/mol. The third kappa shape index (κ3) is 2.50. The van der Waals surface area contributed by atoms with Gasteiger partial charge in [0.25, 0.3) is 0 Å². The molecule has 0 amide bonds. The number of nitro groups is 1. The molecule has 0 saturated heterocycles. The van der Waals surface area contributed by atoms with Crippen molar-refractivity contribution in [3.63, 3.8) is 0 Å². The third-order valence-corrected chi connectivity index (χ3v) is 2.90. The van der Waals surface area contributed by atoms with E-state index < -0.39 is 4.92 Å². The molecule has 1 aromatic heterocycles. The van der Waals surface area contributed by atoms with E-state index in [4.69, 9.17) is 16.9 Å². The van der Waals surface area contributed by atoms with E-state index in [0.29, 0.717) is 11.3 Å². The molecule has 100 valence electrons. The molecular formula is C12H8ClN5O2. The average molecular weight is 290 g/mol. The molecule has 1 aromatic carbocycles. The minimum Gasteiger partial charge on any atom is -0.324 e. The van der Waals surface area contributed by atoms with E-state index in [1.807, 2.05) is 6.07 Å². The Balaban J connectivity index is 2.54. The zero-order valence-electron chi connectivity index (χ0n) is 10.3. The second kappa shape index (κ2) is 5.50. The first kappa shape index (κ1) is 13.7. The van der Waals surface area contributed by atoms with Gasteiger partial charge in [-0.05, 0) is 18.2 Å². The van der Waals surface area contributed by atoms with Crippen LogP contribution in [0.3, 0.4) is 0 Å². The van der Waals surface area contributed by atoms with Crippen molar-refractivity contribution in [2.75, 3.05) is 11.9 Å². The summed E-state index contributed by atoms with van der Waals surface area (Å²) in [5.41, 5.74) is 0.651. The van der Waals surface area contributed by atoms with Crippen molar-refractivity contribution in [2.45, 2.75) is 0 Å². The molecule has 0 aliphatic rings. The predicted molar refractivity (Wildman–Crippen MR) is 72.9 cm³/mol. The molecule has 0 aliphatic heterocycles. The van der Waals surface area contributed by atoms with Crippen LogP contribution >= 0.6 is 11.6 Å². The molecule has 7 nitrogen and oxygen atoms in total. The van der Waals surface area contributed by atoms with Crippen molar-refractivity contribution < 1.29 is 4.92 Å². The highest BCUT2D eigenvalue weighted by Crippen LogP contribution is 2.34. The van der Waals surface area contributed by atoms with Gasteiger partial charge < -0.3 is 4.90 Å². The summed E-state index contributed by atoms with van der Waals surface area (Å²) in [6.07, 6.45) is 1.15. The summed E-state index contributed by atoms with van der Waals surface area (Å²) in [6, 6.07) is 8.63. The van der Waals surface area contributed by atoms with E-state index in [1.165, 1.54) is 4.90 Å². The number of rotatable bonds is 3. The Morgan fingerprint density at radius 1 is 1.45 bits per heavy atom. The zero-order valence-corrected chi connectivity index (χ0v) is 11.1. The van der Waals surface area contributed by atoms with Crippen molar-refractivity contribution in [1.82, 2.24) is 9.97 Å². The van der Waals surface area contributed by atoms with Crippen molar-refractivity contribution in [2.24, 2.45) is 0 Å². The van der Waals surface area contributed by atoms with Crippen LogP contribution in [0.4, 0.5) is 17.2 Å². The van der Waals surface area contributed by atoms with Gasteiger partial charge in [-0.3, -0.25) is 10.1 Å². The lowest BCUT2D eigenvalue weighted by molar-refractivity contribution is -0.384. The maximum atomic E-state index is 11.1. The second-order valence-corrected chi connectivity index (χ2v) is 4.17. The Kier molecular flexibility index (Phi) is 3.77. The van der Waals surface area contributed by atoms with E-state index in [0.717, 1.165) is 6.33 Å². The van der Waals surface area contributed by atoms with Gasteiger partial charge in [-0.25, -0.2) is 9.97 Å². The van der Waals surface area contributed by atoms with Gasteiger partial charge in [-0.15, -0.1) is 0 Å². The van der Waals surface area contributed by atoms with Crippen molar-refractivity contribution in [1.29, 1.82) is 5.26 Å². The Labute approximate surface area is 119 Å². The Morgan fingerprint density at radius 3 is 2.85 bits per heavy atom. The van der Waals surface area contributed by atoms with E-state index in [9.17, 15) is 10.1 Å². The normalized spacial score (nSPS) is 9.85. The number of hydrogen-bond acceptors (Lipinski definition) is 6. The molecule has 0 radical (unpaired) electrons. The summed E-state index contributed by atoms with van der Waals surface area (Å²) >= 11 is 5.74. The number of nitriles is 1.